The van der Waals surface area contributed by atoms with Gasteiger partial charge in [-0.15, -0.1) is 0 Å². The van der Waals surface area contributed by atoms with Crippen molar-refractivity contribution in [2.24, 2.45) is 0 Å². The van der Waals surface area contributed by atoms with Crippen LogP contribution in [0.4, 0.5) is 11.9 Å². The summed E-state index contributed by atoms with van der Waals surface area (Å²) in [5.74, 6) is 1.68. The predicted octanol–water partition coefficient (Wildman–Crippen LogP) is 2.01. The number of hydrogen-bond acceptors (Lipinski definition) is 8. The van der Waals surface area contributed by atoms with Crippen LogP contribution in [0.1, 0.15) is 24.1 Å². The van der Waals surface area contributed by atoms with Crippen LogP contribution in [0.25, 0.3) is 11.4 Å². The lowest BCUT2D eigenvalue weighted by Gasteiger charge is -2.37. The Hall–Kier alpha value is -3.72. The molecule has 2 aliphatic rings. The van der Waals surface area contributed by atoms with Crippen LogP contribution in [0.3, 0.4) is 0 Å². The maximum absolute atomic E-state index is 11.8. The van der Waals surface area contributed by atoms with Crippen LogP contribution in [-0.4, -0.2) is 75.3 Å². The molecule has 0 bridgehead atoms. The van der Waals surface area contributed by atoms with Crippen molar-refractivity contribution in [1.82, 2.24) is 19.9 Å². The van der Waals surface area contributed by atoms with E-state index in [-0.39, 0.29) is 24.3 Å². The summed E-state index contributed by atoms with van der Waals surface area (Å²) in [4.78, 5) is 32.0. The van der Waals surface area contributed by atoms with Crippen molar-refractivity contribution in [2.45, 2.75) is 19.4 Å². The van der Waals surface area contributed by atoms with E-state index in [0.29, 0.717) is 56.0 Å². The molecule has 2 aromatic carbocycles. The molecule has 0 radical (unpaired) electrons. The number of piperazine rings is 1. The minimum absolute atomic E-state index is 0.0588. The Morgan fingerprint density at radius 1 is 0.971 bits per heavy atom. The Labute approximate surface area is 198 Å². The van der Waals surface area contributed by atoms with E-state index in [1.54, 1.807) is 25.1 Å². The number of aromatic hydroxyl groups is 1. The molecule has 1 saturated heterocycles. The second kappa shape index (κ2) is 9.26. The molecule has 1 aromatic heterocycles. The van der Waals surface area contributed by atoms with Gasteiger partial charge in [0.1, 0.15) is 5.75 Å². The van der Waals surface area contributed by atoms with Crippen LogP contribution in [0, 0.1) is 0 Å². The van der Waals surface area contributed by atoms with Crippen molar-refractivity contribution in [3.05, 3.63) is 59.7 Å². The number of aromatic nitrogens is 3. The van der Waals surface area contributed by atoms with Gasteiger partial charge in [-0.1, -0.05) is 36.4 Å². The van der Waals surface area contributed by atoms with Crippen LogP contribution >= 0.6 is 0 Å². The Balaban J connectivity index is 1.55. The topological polar surface area (TPSA) is 106 Å². The number of aliphatic hydroxyl groups is 1. The van der Waals surface area contributed by atoms with Gasteiger partial charge in [0.25, 0.3) is 0 Å². The zero-order chi connectivity index (χ0) is 23.7. The van der Waals surface area contributed by atoms with Gasteiger partial charge < -0.3 is 24.9 Å². The summed E-state index contributed by atoms with van der Waals surface area (Å²) in [5.41, 5.74) is 2.98. The second-order valence-electron chi connectivity index (χ2n) is 8.64. The third kappa shape index (κ3) is 4.26. The fourth-order valence-corrected chi connectivity index (χ4v) is 4.71. The average molecular weight is 461 g/mol. The van der Waals surface area contributed by atoms with E-state index in [2.05, 4.69) is 11.0 Å². The Kier molecular flexibility index (Phi) is 6.02. The van der Waals surface area contributed by atoms with Gasteiger partial charge in [-0.05, 0) is 29.7 Å². The number of carbonyl (C=O) groups is 1. The molecule has 3 heterocycles. The molecule has 0 saturated carbocycles. The molecule has 0 spiro atoms. The molecular weight excluding hydrogens is 432 g/mol. The molecule has 9 heteroatoms. The summed E-state index contributed by atoms with van der Waals surface area (Å²) in [5, 5.41) is 20.3. The largest absolute Gasteiger partial charge is 0.508 e. The van der Waals surface area contributed by atoms with E-state index >= 15 is 0 Å². The van der Waals surface area contributed by atoms with E-state index in [4.69, 9.17) is 15.0 Å². The molecule has 2 aliphatic heterocycles. The first-order valence-electron chi connectivity index (χ1n) is 11.5. The molecule has 0 aliphatic carbocycles. The third-order valence-electron chi connectivity index (χ3n) is 6.57. The maximum atomic E-state index is 11.8. The van der Waals surface area contributed by atoms with Gasteiger partial charge in [-0.2, -0.15) is 15.0 Å². The minimum Gasteiger partial charge on any atom is -0.508 e. The summed E-state index contributed by atoms with van der Waals surface area (Å²) in [6, 6.07) is 14.7. The van der Waals surface area contributed by atoms with Crippen molar-refractivity contribution in [2.75, 3.05) is 49.1 Å². The number of hydrogen-bond donors (Lipinski definition) is 2. The molecule has 3 aromatic rings. The van der Waals surface area contributed by atoms with E-state index in [0.717, 1.165) is 12.0 Å². The number of nitrogens with zero attached hydrogens (tertiary/aromatic N) is 6. The number of carbonyl (C=O) groups excluding carboxylic acids is 1. The molecule has 1 atom stereocenters. The summed E-state index contributed by atoms with van der Waals surface area (Å²) < 4.78 is 0. The number of rotatable bonds is 4. The number of anilines is 2. The molecule has 5 rings (SSSR count). The molecule has 1 fully saturated rings. The van der Waals surface area contributed by atoms with Crippen molar-refractivity contribution in [3.8, 4) is 17.1 Å². The summed E-state index contributed by atoms with van der Waals surface area (Å²) >= 11 is 0. The Morgan fingerprint density at radius 3 is 2.47 bits per heavy atom. The van der Waals surface area contributed by atoms with Gasteiger partial charge in [-0.25, -0.2) is 0 Å². The molecule has 9 nitrogen and oxygen atoms in total. The van der Waals surface area contributed by atoms with Crippen LogP contribution in [-0.2, 0) is 11.2 Å². The lowest BCUT2D eigenvalue weighted by Crippen LogP contribution is -2.48. The maximum Gasteiger partial charge on any atom is 0.231 e. The third-order valence-corrected chi connectivity index (χ3v) is 6.57. The van der Waals surface area contributed by atoms with E-state index < -0.39 is 0 Å². The van der Waals surface area contributed by atoms with E-state index in [1.807, 2.05) is 34.1 Å². The van der Waals surface area contributed by atoms with E-state index in [9.17, 15) is 15.0 Å². The highest BCUT2D eigenvalue weighted by atomic mass is 16.3. The first-order valence-corrected chi connectivity index (χ1v) is 11.5. The molecular formula is C25H28N6O3. The number of amides is 1. The van der Waals surface area contributed by atoms with Crippen molar-refractivity contribution < 1.29 is 15.0 Å². The highest BCUT2D eigenvalue weighted by Gasteiger charge is 2.30. The summed E-state index contributed by atoms with van der Waals surface area (Å²) in [6.45, 7) is 4.64. The molecule has 1 amide bonds. The average Bonchev–Trinajstić information content (AvgIpc) is 2.87. The smallest absolute Gasteiger partial charge is 0.231 e. The fraction of sp³-hybridized carbons (Fsp3) is 0.360. The standard InChI is InChI=1S/C25H28N6O3/c1-17(33)29-11-13-30(14-12-29)24-26-23(19-6-4-7-20(34)15-19)27-25(28-24)31-10-9-18-5-2-3-8-21(18)22(31)16-32/h2-8,15,22,32,34H,9-14,16H2,1H3/t22-/m0/s1. The first-order chi connectivity index (χ1) is 16.5. The lowest BCUT2D eigenvalue weighted by molar-refractivity contribution is -0.129. The first kappa shape index (κ1) is 22.1. The van der Waals surface area contributed by atoms with Crippen LogP contribution in [0.2, 0.25) is 0 Å². The number of phenols is 1. The Bertz CT molecular complexity index is 1190. The summed E-state index contributed by atoms with van der Waals surface area (Å²) in [6.07, 6.45) is 0.826. The lowest BCUT2D eigenvalue weighted by atomic mass is 9.93. The zero-order valence-corrected chi connectivity index (χ0v) is 19.1. The van der Waals surface area contributed by atoms with Crippen molar-refractivity contribution in [3.63, 3.8) is 0 Å². The van der Waals surface area contributed by atoms with Gasteiger partial charge in [-0.3, -0.25) is 4.79 Å². The molecule has 0 unspecified atom stereocenters. The molecule has 2 N–H and O–H groups in total. The number of phenolic OH excluding ortho intramolecular Hbond substituents is 1. The monoisotopic (exact) mass is 460 g/mol. The zero-order valence-electron chi connectivity index (χ0n) is 19.1. The Morgan fingerprint density at radius 2 is 1.74 bits per heavy atom. The molecule has 34 heavy (non-hydrogen) atoms. The van der Waals surface area contributed by atoms with Crippen LogP contribution in [0.15, 0.2) is 48.5 Å². The number of benzene rings is 2. The number of aliphatic hydroxyl groups excluding tert-OH is 1. The SMILES string of the molecule is CC(=O)N1CCN(c2nc(-c3cccc(O)c3)nc(N3CCc4ccccc4[C@@H]3CO)n2)CC1. The van der Waals surface area contributed by atoms with Crippen molar-refractivity contribution in [1.29, 1.82) is 0 Å². The van der Waals surface area contributed by atoms with Gasteiger partial charge >= 0.3 is 0 Å². The predicted molar refractivity (Wildman–Crippen MR) is 129 cm³/mol. The summed E-state index contributed by atoms with van der Waals surface area (Å²) in [7, 11) is 0. The fourth-order valence-electron chi connectivity index (χ4n) is 4.71. The molecule has 176 valence electrons. The van der Waals surface area contributed by atoms with Gasteiger partial charge in [0, 0.05) is 45.2 Å². The van der Waals surface area contributed by atoms with Gasteiger partial charge in [0.15, 0.2) is 5.82 Å². The second-order valence-corrected chi connectivity index (χ2v) is 8.64. The minimum atomic E-state index is -0.258. The highest BCUT2D eigenvalue weighted by molar-refractivity contribution is 5.73. The number of fused-ring (bicyclic) bond motifs is 1. The van der Waals surface area contributed by atoms with Gasteiger partial charge in [0.2, 0.25) is 17.8 Å². The van der Waals surface area contributed by atoms with Crippen molar-refractivity contribution >= 4 is 17.8 Å². The van der Waals surface area contributed by atoms with Gasteiger partial charge in [0.05, 0.1) is 12.6 Å². The highest BCUT2D eigenvalue weighted by Crippen LogP contribution is 2.33. The van der Waals surface area contributed by atoms with Crippen LogP contribution in [0.5, 0.6) is 5.75 Å². The van der Waals surface area contributed by atoms with Crippen LogP contribution < -0.4 is 9.80 Å². The van der Waals surface area contributed by atoms with E-state index in [1.165, 1.54) is 5.56 Å². The normalized spacial score (nSPS) is 18.1. The quantitative estimate of drug-likeness (QED) is 0.609.